The molecule has 0 saturated heterocycles. The number of para-hydroxylation sites is 3. The Morgan fingerprint density at radius 3 is 1.33 bits per heavy atom. The number of hydrogen-bond acceptors (Lipinski definition) is 1. The molecular formula is C58H45BrN2. The average molecular weight is 850 g/mol. The summed E-state index contributed by atoms with van der Waals surface area (Å²) in [5.74, 6) is 0. The molecule has 10 rings (SSSR count). The molecule has 0 N–H and O–H groups in total. The second kappa shape index (κ2) is 15.9. The summed E-state index contributed by atoms with van der Waals surface area (Å²) in [4.78, 5) is 2.48. The molecule has 61 heavy (non-hydrogen) atoms. The van der Waals surface area contributed by atoms with Gasteiger partial charge >= 0.3 is 0 Å². The van der Waals surface area contributed by atoms with Crippen molar-refractivity contribution < 1.29 is 0 Å². The smallest absolute Gasteiger partial charge is 0.0618 e. The van der Waals surface area contributed by atoms with Crippen molar-refractivity contribution in [3.63, 3.8) is 0 Å². The van der Waals surface area contributed by atoms with Crippen molar-refractivity contribution in [1.29, 1.82) is 0 Å². The quantitative estimate of drug-likeness (QED) is 0.162. The number of aromatic nitrogens is 1. The van der Waals surface area contributed by atoms with Crippen molar-refractivity contribution in [3.05, 3.63) is 228 Å². The van der Waals surface area contributed by atoms with Gasteiger partial charge in [0.1, 0.15) is 0 Å². The summed E-state index contributed by atoms with van der Waals surface area (Å²) < 4.78 is 3.52. The number of rotatable bonds is 6. The number of nitrogens with zero attached hydrogens (tertiary/aromatic N) is 2. The standard InChI is InChI=1S/C58H45BrN2/c1-58(2,3)42-36-45(60(44-25-18-24-43(59)38-44)57-47(40-20-6-4-7-21-40)32-19-33-48(57)41-22-8-5-9-23-41)39-46(37-42)61-55-34-16-14-30-53(55)51-28-12-10-26-49(51)50-27-11-13-29-52(50)54-31-15-17-35-56(54)61/h4-39H,1-3H3. The third-order valence-electron chi connectivity index (χ3n) is 11.8. The van der Waals surface area contributed by atoms with Crippen molar-refractivity contribution in [2.24, 2.45) is 0 Å². The summed E-state index contributed by atoms with van der Waals surface area (Å²) in [7, 11) is 0. The minimum absolute atomic E-state index is 0.188. The molecule has 10 aromatic rings. The Labute approximate surface area is 366 Å². The van der Waals surface area contributed by atoms with Gasteiger partial charge in [0.15, 0.2) is 0 Å². The topological polar surface area (TPSA) is 8.17 Å². The molecule has 0 aliphatic rings. The molecule has 0 bridgehead atoms. The van der Waals surface area contributed by atoms with Crippen molar-refractivity contribution in [2.45, 2.75) is 26.2 Å². The van der Waals surface area contributed by atoms with Crippen LogP contribution in [-0.2, 0) is 5.41 Å². The molecule has 0 fully saturated rings. The summed E-state index contributed by atoms with van der Waals surface area (Å²) in [6.07, 6.45) is 0. The van der Waals surface area contributed by atoms with Crippen molar-refractivity contribution in [3.8, 4) is 27.9 Å². The van der Waals surface area contributed by atoms with Crippen LogP contribution in [0.5, 0.6) is 0 Å². The molecule has 1 aromatic heterocycles. The largest absolute Gasteiger partial charge is 0.309 e. The van der Waals surface area contributed by atoms with E-state index in [9.17, 15) is 0 Å². The van der Waals surface area contributed by atoms with Crippen LogP contribution in [0.1, 0.15) is 26.3 Å². The number of halogens is 1. The van der Waals surface area contributed by atoms with Crippen LogP contribution in [0.4, 0.5) is 17.1 Å². The third kappa shape index (κ3) is 7.15. The van der Waals surface area contributed by atoms with Gasteiger partial charge in [0, 0.05) is 43.4 Å². The van der Waals surface area contributed by atoms with Crippen LogP contribution in [0.15, 0.2) is 223 Å². The van der Waals surface area contributed by atoms with Gasteiger partial charge in [-0.05, 0) is 92.2 Å². The molecule has 0 amide bonds. The van der Waals surface area contributed by atoms with Crippen molar-refractivity contribution >= 4 is 76.3 Å². The van der Waals surface area contributed by atoms with Gasteiger partial charge in [0.25, 0.3) is 0 Å². The number of fused-ring (bicyclic) bond motifs is 7. The third-order valence-corrected chi connectivity index (χ3v) is 12.3. The van der Waals surface area contributed by atoms with E-state index >= 15 is 0 Å². The maximum Gasteiger partial charge on any atom is 0.0618 e. The summed E-state index contributed by atoms with van der Waals surface area (Å²) in [6, 6.07) is 79.8. The minimum atomic E-state index is -0.188. The minimum Gasteiger partial charge on any atom is -0.309 e. The molecule has 3 heteroatoms. The molecule has 9 aromatic carbocycles. The number of hydrogen-bond donors (Lipinski definition) is 0. The van der Waals surface area contributed by atoms with Gasteiger partial charge in [0.05, 0.1) is 16.7 Å². The molecule has 0 unspecified atom stereocenters. The highest BCUT2D eigenvalue weighted by Gasteiger charge is 2.25. The lowest BCUT2D eigenvalue weighted by molar-refractivity contribution is 0.590. The van der Waals surface area contributed by atoms with E-state index in [0.717, 1.165) is 60.5 Å². The highest BCUT2D eigenvalue weighted by atomic mass is 79.9. The first-order valence-corrected chi connectivity index (χ1v) is 21.8. The second-order valence-electron chi connectivity index (χ2n) is 16.7. The van der Waals surface area contributed by atoms with Crippen LogP contribution >= 0.6 is 15.9 Å². The first-order valence-electron chi connectivity index (χ1n) is 21.0. The summed E-state index contributed by atoms with van der Waals surface area (Å²) >= 11 is 3.88. The molecule has 0 saturated carbocycles. The Hall–Kier alpha value is -6.94. The molecule has 0 atom stereocenters. The molecule has 0 spiro atoms. The first-order chi connectivity index (χ1) is 29.8. The Morgan fingerprint density at radius 2 is 0.836 bits per heavy atom. The Balaban J connectivity index is 1.40. The molecule has 294 valence electrons. The molecule has 1 heterocycles. The van der Waals surface area contributed by atoms with E-state index in [0.29, 0.717) is 0 Å². The van der Waals surface area contributed by atoms with E-state index in [1.54, 1.807) is 0 Å². The van der Waals surface area contributed by atoms with E-state index in [4.69, 9.17) is 0 Å². The Kier molecular flexibility index (Phi) is 9.99. The SMILES string of the molecule is CC(C)(C)c1cc(N(c2cccc(Br)c2)c2c(-c3ccccc3)cccc2-c2ccccc2)cc(-n2c3ccccc3c3ccccc3c3ccccc3c3ccccc32)c1. The van der Waals surface area contributed by atoms with Crippen molar-refractivity contribution in [2.75, 3.05) is 4.90 Å². The average Bonchev–Trinajstić information content (AvgIpc) is 3.34. The first kappa shape index (κ1) is 38.3. The van der Waals surface area contributed by atoms with Crippen LogP contribution in [0.3, 0.4) is 0 Å². The highest BCUT2D eigenvalue weighted by Crippen LogP contribution is 2.48. The molecular weight excluding hydrogens is 805 g/mol. The lowest BCUT2D eigenvalue weighted by Crippen LogP contribution is -2.17. The second-order valence-corrected chi connectivity index (χ2v) is 17.6. The van der Waals surface area contributed by atoms with E-state index < -0.39 is 0 Å². The van der Waals surface area contributed by atoms with Gasteiger partial charge in [0.2, 0.25) is 0 Å². The van der Waals surface area contributed by atoms with E-state index in [-0.39, 0.29) is 5.41 Å². The van der Waals surface area contributed by atoms with Gasteiger partial charge < -0.3 is 9.47 Å². The van der Waals surface area contributed by atoms with Gasteiger partial charge in [-0.15, -0.1) is 0 Å². The molecule has 0 aliphatic carbocycles. The highest BCUT2D eigenvalue weighted by molar-refractivity contribution is 9.10. The molecule has 2 nitrogen and oxygen atoms in total. The zero-order chi connectivity index (χ0) is 41.5. The van der Waals surface area contributed by atoms with Crippen LogP contribution in [-0.4, -0.2) is 4.57 Å². The van der Waals surface area contributed by atoms with Crippen LogP contribution < -0.4 is 4.90 Å². The lowest BCUT2D eigenvalue weighted by Gasteiger charge is -2.32. The number of benzene rings is 9. The fraction of sp³-hybridized carbons (Fsp3) is 0.0690. The Morgan fingerprint density at radius 1 is 0.393 bits per heavy atom. The van der Waals surface area contributed by atoms with E-state index in [1.807, 2.05) is 0 Å². The van der Waals surface area contributed by atoms with Gasteiger partial charge in [-0.3, -0.25) is 0 Å². The van der Waals surface area contributed by atoms with Crippen molar-refractivity contribution in [1.82, 2.24) is 4.57 Å². The fourth-order valence-corrected chi connectivity index (χ4v) is 9.29. The maximum atomic E-state index is 3.88. The monoisotopic (exact) mass is 848 g/mol. The van der Waals surface area contributed by atoms with E-state index in [1.165, 1.54) is 37.9 Å². The lowest BCUT2D eigenvalue weighted by atomic mass is 9.86. The van der Waals surface area contributed by atoms with Crippen LogP contribution in [0, 0.1) is 0 Å². The van der Waals surface area contributed by atoms with Crippen LogP contribution in [0.2, 0.25) is 0 Å². The molecule has 0 radical (unpaired) electrons. The number of anilines is 3. The van der Waals surface area contributed by atoms with Gasteiger partial charge in [-0.1, -0.05) is 207 Å². The zero-order valence-corrected chi connectivity index (χ0v) is 36.1. The zero-order valence-electron chi connectivity index (χ0n) is 34.6. The normalized spacial score (nSPS) is 11.6. The summed E-state index contributed by atoms with van der Waals surface area (Å²) in [6.45, 7) is 6.96. The van der Waals surface area contributed by atoms with Gasteiger partial charge in [-0.2, -0.15) is 0 Å². The maximum absolute atomic E-state index is 3.88. The predicted octanol–water partition coefficient (Wildman–Crippen LogP) is 17.1. The summed E-state index contributed by atoms with van der Waals surface area (Å²) in [5.41, 5.74) is 12.2. The summed E-state index contributed by atoms with van der Waals surface area (Å²) in [5, 5.41) is 7.20. The van der Waals surface area contributed by atoms with Gasteiger partial charge in [-0.25, -0.2) is 0 Å². The Bertz CT molecular complexity index is 3140. The predicted molar refractivity (Wildman–Crippen MR) is 265 cm³/mol. The van der Waals surface area contributed by atoms with E-state index in [2.05, 4.69) is 265 Å². The fourth-order valence-electron chi connectivity index (χ4n) is 8.90. The van der Waals surface area contributed by atoms with Crippen LogP contribution in [0.25, 0.3) is 71.3 Å². The molecule has 0 aliphatic heterocycles.